The molecule has 6 heteroatoms. The molecule has 0 aliphatic carbocycles. The van der Waals surface area contributed by atoms with Gasteiger partial charge in [0.25, 0.3) is 0 Å². The number of rotatable bonds is 6. The first kappa shape index (κ1) is 18.2. The normalized spacial score (nSPS) is 9.84. The molecule has 0 fully saturated rings. The first-order chi connectivity index (χ1) is 8.54. The van der Waals surface area contributed by atoms with Crippen molar-refractivity contribution in [3.05, 3.63) is 22.2 Å². The van der Waals surface area contributed by atoms with E-state index in [1.54, 1.807) is 7.11 Å². The van der Waals surface area contributed by atoms with E-state index in [9.17, 15) is 4.79 Å². The number of methoxy groups -OCH3 is 1. The van der Waals surface area contributed by atoms with Crippen LogP contribution in [-0.2, 0) is 9.53 Å². The van der Waals surface area contributed by atoms with E-state index in [4.69, 9.17) is 10.5 Å². The van der Waals surface area contributed by atoms with Gasteiger partial charge in [0.05, 0.1) is 11.4 Å². The molecule has 0 heterocycles. The maximum atomic E-state index is 11.7. The molecule has 1 amide bonds. The zero-order chi connectivity index (χ0) is 13.5. The Morgan fingerprint density at radius 2 is 2.11 bits per heavy atom. The first-order valence-corrected chi connectivity index (χ1v) is 6.68. The average molecular weight is 352 g/mol. The van der Waals surface area contributed by atoms with Crippen molar-refractivity contribution in [3.8, 4) is 0 Å². The molecule has 4 nitrogen and oxygen atoms in total. The molecule has 0 aromatic heterocycles. The largest absolute Gasteiger partial charge is 0.397 e. The number of nitrogen functional groups attached to an aromatic ring is 1. The molecule has 0 saturated carbocycles. The molecule has 108 valence electrons. The van der Waals surface area contributed by atoms with Crippen LogP contribution in [0.1, 0.15) is 24.8 Å². The summed E-state index contributed by atoms with van der Waals surface area (Å²) in [6.45, 7) is 2.60. The SMILES string of the molecule is COCCCCC(=O)Nc1cc(Br)cc(C)c1N.Cl. The number of halogens is 2. The van der Waals surface area contributed by atoms with Gasteiger partial charge >= 0.3 is 0 Å². The van der Waals surface area contributed by atoms with Gasteiger partial charge in [-0.25, -0.2) is 0 Å². The minimum Gasteiger partial charge on any atom is -0.397 e. The van der Waals surface area contributed by atoms with Crippen molar-refractivity contribution in [1.82, 2.24) is 0 Å². The van der Waals surface area contributed by atoms with Gasteiger partial charge in [-0.1, -0.05) is 15.9 Å². The number of carbonyl (C=O) groups is 1. The second-order valence-electron chi connectivity index (χ2n) is 4.18. The third kappa shape index (κ3) is 6.27. The summed E-state index contributed by atoms with van der Waals surface area (Å²) in [7, 11) is 1.66. The molecule has 0 saturated heterocycles. The minimum atomic E-state index is -0.0182. The highest BCUT2D eigenvalue weighted by Crippen LogP contribution is 2.27. The van der Waals surface area contributed by atoms with Crippen LogP contribution in [0.15, 0.2) is 16.6 Å². The van der Waals surface area contributed by atoms with Crippen LogP contribution < -0.4 is 11.1 Å². The second-order valence-corrected chi connectivity index (χ2v) is 5.10. The predicted molar refractivity (Wildman–Crippen MR) is 84.9 cm³/mol. The summed E-state index contributed by atoms with van der Waals surface area (Å²) in [4.78, 5) is 11.7. The fraction of sp³-hybridized carbons (Fsp3) is 0.462. The van der Waals surface area contributed by atoms with E-state index in [1.807, 2.05) is 19.1 Å². The Balaban J connectivity index is 0.00000324. The van der Waals surface area contributed by atoms with Crippen molar-refractivity contribution in [2.45, 2.75) is 26.2 Å². The Labute approximate surface area is 128 Å². The van der Waals surface area contributed by atoms with E-state index in [0.29, 0.717) is 24.4 Å². The Morgan fingerprint density at radius 1 is 1.42 bits per heavy atom. The number of nitrogens with two attached hydrogens (primary N) is 1. The number of aryl methyl sites for hydroxylation is 1. The van der Waals surface area contributed by atoms with Gasteiger partial charge in [0.2, 0.25) is 5.91 Å². The lowest BCUT2D eigenvalue weighted by atomic mass is 10.1. The molecule has 0 spiro atoms. The third-order valence-electron chi connectivity index (χ3n) is 2.63. The quantitative estimate of drug-likeness (QED) is 0.609. The fourth-order valence-corrected chi connectivity index (χ4v) is 2.17. The second kappa shape index (κ2) is 9.18. The summed E-state index contributed by atoms with van der Waals surface area (Å²) in [5.41, 5.74) is 8.14. The minimum absolute atomic E-state index is 0. The monoisotopic (exact) mass is 350 g/mol. The molecule has 1 aromatic carbocycles. The summed E-state index contributed by atoms with van der Waals surface area (Å²) in [5, 5.41) is 2.83. The van der Waals surface area contributed by atoms with Crippen LogP contribution in [0.5, 0.6) is 0 Å². The summed E-state index contributed by atoms with van der Waals surface area (Å²) >= 11 is 3.39. The Kier molecular flexibility index (Phi) is 8.80. The summed E-state index contributed by atoms with van der Waals surface area (Å²) in [6.07, 6.45) is 2.18. The van der Waals surface area contributed by atoms with Crippen LogP contribution in [0, 0.1) is 6.92 Å². The zero-order valence-electron chi connectivity index (χ0n) is 11.2. The van der Waals surface area contributed by atoms with Crippen molar-refractivity contribution < 1.29 is 9.53 Å². The Morgan fingerprint density at radius 3 is 2.74 bits per heavy atom. The van der Waals surface area contributed by atoms with E-state index in [1.165, 1.54) is 0 Å². The topological polar surface area (TPSA) is 64.3 Å². The molecule has 0 aliphatic heterocycles. The van der Waals surface area contributed by atoms with Gasteiger partial charge in [-0.2, -0.15) is 0 Å². The standard InChI is InChI=1S/C13H19BrN2O2.ClH/c1-9-7-10(14)8-11(13(9)15)16-12(17)5-3-4-6-18-2;/h7-8H,3-6,15H2,1-2H3,(H,16,17);1H. The molecule has 19 heavy (non-hydrogen) atoms. The van der Waals surface area contributed by atoms with E-state index in [-0.39, 0.29) is 18.3 Å². The molecular formula is C13H20BrClN2O2. The average Bonchev–Trinajstić information content (AvgIpc) is 2.31. The van der Waals surface area contributed by atoms with E-state index in [2.05, 4.69) is 21.2 Å². The van der Waals surface area contributed by atoms with Crippen LogP contribution in [0.3, 0.4) is 0 Å². The molecule has 0 atom stereocenters. The van der Waals surface area contributed by atoms with Gasteiger partial charge in [-0.15, -0.1) is 12.4 Å². The van der Waals surface area contributed by atoms with Gasteiger partial charge in [0, 0.05) is 24.6 Å². The number of hydrogen-bond acceptors (Lipinski definition) is 3. The van der Waals surface area contributed by atoms with Crippen molar-refractivity contribution in [2.24, 2.45) is 0 Å². The number of nitrogens with one attached hydrogen (secondary N) is 1. The van der Waals surface area contributed by atoms with Crippen molar-refractivity contribution in [1.29, 1.82) is 0 Å². The fourth-order valence-electron chi connectivity index (χ4n) is 1.60. The van der Waals surface area contributed by atoms with Crippen molar-refractivity contribution in [3.63, 3.8) is 0 Å². The smallest absolute Gasteiger partial charge is 0.224 e. The van der Waals surface area contributed by atoms with Gasteiger partial charge in [-0.05, 0) is 37.5 Å². The molecule has 3 N–H and O–H groups in total. The predicted octanol–water partition coefficient (Wildman–Crippen LogP) is 3.52. The van der Waals surface area contributed by atoms with Crippen LogP contribution in [-0.4, -0.2) is 19.6 Å². The molecule has 0 unspecified atom stereocenters. The highest BCUT2D eigenvalue weighted by molar-refractivity contribution is 9.10. The van der Waals surface area contributed by atoms with Crippen molar-refractivity contribution in [2.75, 3.05) is 24.8 Å². The van der Waals surface area contributed by atoms with E-state index >= 15 is 0 Å². The molecular weight excluding hydrogens is 332 g/mol. The highest BCUT2D eigenvalue weighted by atomic mass is 79.9. The number of ether oxygens (including phenoxy) is 1. The van der Waals surface area contributed by atoms with Crippen molar-refractivity contribution >= 4 is 45.6 Å². The van der Waals surface area contributed by atoms with Crippen LogP contribution in [0.2, 0.25) is 0 Å². The molecule has 0 radical (unpaired) electrons. The highest BCUT2D eigenvalue weighted by Gasteiger charge is 2.08. The molecule has 0 bridgehead atoms. The number of benzene rings is 1. The van der Waals surface area contributed by atoms with Gasteiger partial charge in [0.1, 0.15) is 0 Å². The molecule has 0 aliphatic rings. The number of anilines is 2. The third-order valence-corrected chi connectivity index (χ3v) is 3.09. The first-order valence-electron chi connectivity index (χ1n) is 5.89. The van der Waals surface area contributed by atoms with Crippen LogP contribution in [0.25, 0.3) is 0 Å². The number of unbranched alkanes of at least 4 members (excludes halogenated alkanes) is 1. The lowest BCUT2D eigenvalue weighted by molar-refractivity contribution is -0.116. The van der Waals surface area contributed by atoms with Crippen LogP contribution in [0.4, 0.5) is 11.4 Å². The number of amides is 1. The van der Waals surface area contributed by atoms with Crippen LogP contribution >= 0.6 is 28.3 Å². The maximum Gasteiger partial charge on any atom is 0.224 e. The summed E-state index contributed by atoms with van der Waals surface area (Å²) < 4.78 is 5.84. The Hall–Kier alpha value is -0.780. The van der Waals surface area contributed by atoms with Gasteiger partial charge < -0.3 is 15.8 Å². The molecule has 1 rings (SSSR count). The van der Waals surface area contributed by atoms with E-state index < -0.39 is 0 Å². The summed E-state index contributed by atoms with van der Waals surface area (Å²) in [5.74, 6) is -0.0182. The number of hydrogen-bond donors (Lipinski definition) is 2. The summed E-state index contributed by atoms with van der Waals surface area (Å²) in [6, 6.07) is 3.74. The lowest BCUT2D eigenvalue weighted by Gasteiger charge is -2.11. The Bertz CT molecular complexity index is 427. The number of carbonyl (C=O) groups excluding carboxylic acids is 1. The molecule has 1 aromatic rings. The van der Waals surface area contributed by atoms with Gasteiger partial charge in [0.15, 0.2) is 0 Å². The van der Waals surface area contributed by atoms with Gasteiger partial charge in [-0.3, -0.25) is 4.79 Å². The van der Waals surface area contributed by atoms with E-state index in [0.717, 1.165) is 22.9 Å². The lowest BCUT2D eigenvalue weighted by Crippen LogP contribution is -2.13. The maximum absolute atomic E-state index is 11.7. The zero-order valence-corrected chi connectivity index (χ0v) is 13.6.